The number of aryl methyl sites for hydroxylation is 1. The Kier molecular flexibility index (Phi) is 8.00. The van der Waals surface area contributed by atoms with Crippen molar-refractivity contribution in [3.8, 4) is 0 Å². The van der Waals surface area contributed by atoms with Crippen LogP contribution in [0.4, 0.5) is 0 Å². The van der Waals surface area contributed by atoms with Crippen molar-refractivity contribution in [1.82, 2.24) is 25.5 Å². The number of carbonyl (C=O) groups is 3. The molecule has 1 saturated heterocycles. The van der Waals surface area contributed by atoms with Gasteiger partial charge in [-0.05, 0) is 69.4 Å². The van der Waals surface area contributed by atoms with Crippen LogP contribution < -0.4 is 10.6 Å². The average molecular weight is 496 g/mol. The van der Waals surface area contributed by atoms with Crippen LogP contribution in [0.15, 0.2) is 18.2 Å². The summed E-state index contributed by atoms with van der Waals surface area (Å²) < 4.78 is 0. The Morgan fingerprint density at radius 2 is 1.94 bits per heavy atom. The highest BCUT2D eigenvalue weighted by Crippen LogP contribution is 2.44. The second kappa shape index (κ2) is 11.0. The molecule has 36 heavy (non-hydrogen) atoms. The molecule has 2 unspecified atom stereocenters. The van der Waals surface area contributed by atoms with E-state index in [0.29, 0.717) is 24.2 Å². The first kappa shape index (κ1) is 26.2. The van der Waals surface area contributed by atoms with Crippen molar-refractivity contribution in [3.63, 3.8) is 0 Å². The zero-order valence-corrected chi connectivity index (χ0v) is 22.3. The quantitative estimate of drug-likeness (QED) is 0.489. The fourth-order valence-corrected chi connectivity index (χ4v) is 5.57. The first-order valence-corrected chi connectivity index (χ1v) is 13.5. The number of aromatic nitrogens is 2. The maximum Gasteiger partial charge on any atom is 0.243 e. The van der Waals surface area contributed by atoms with Gasteiger partial charge in [-0.15, -0.1) is 0 Å². The number of imidazole rings is 1. The molecule has 0 radical (unpaired) electrons. The van der Waals surface area contributed by atoms with Crippen molar-refractivity contribution in [1.29, 1.82) is 0 Å². The summed E-state index contributed by atoms with van der Waals surface area (Å²) in [5, 5.41) is 5.92. The Balaban J connectivity index is 1.48. The molecule has 1 aliphatic carbocycles. The van der Waals surface area contributed by atoms with Crippen LogP contribution >= 0.6 is 0 Å². The Hall–Kier alpha value is -2.90. The first-order chi connectivity index (χ1) is 17.2. The summed E-state index contributed by atoms with van der Waals surface area (Å²) in [4.78, 5) is 49.6. The van der Waals surface area contributed by atoms with E-state index in [0.717, 1.165) is 48.7 Å². The topological polar surface area (TPSA) is 107 Å². The molecule has 8 nitrogen and oxygen atoms in total. The number of piperidine rings is 1. The van der Waals surface area contributed by atoms with E-state index in [1.165, 1.54) is 0 Å². The zero-order chi connectivity index (χ0) is 26.0. The molecule has 1 aromatic heterocycles. The van der Waals surface area contributed by atoms with E-state index < -0.39 is 12.1 Å². The summed E-state index contributed by atoms with van der Waals surface area (Å²) in [5.74, 6) is 0.786. The van der Waals surface area contributed by atoms with E-state index in [-0.39, 0.29) is 36.1 Å². The number of nitrogens with one attached hydrogen (secondary N) is 3. The van der Waals surface area contributed by atoms with Gasteiger partial charge in [0.2, 0.25) is 17.7 Å². The molecule has 0 spiro atoms. The predicted octanol–water partition coefficient (Wildman–Crippen LogP) is 4.01. The molecule has 1 aromatic carbocycles. The number of hydrogen-bond donors (Lipinski definition) is 3. The van der Waals surface area contributed by atoms with E-state index in [2.05, 4.69) is 41.4 Å². The number of benzene rings is 1. The summed E-state index contributed by atoms with van der Waals surface area (Å²) in [6, 6.07) is 4.82. The number of hydrogen-bond acceptors (Lipinski definition) is 4. The highest BCUT2D eigenvalue weighted by molar-refractivity contribution is 5.93. The van der Waals surface area contributed by atoms with E-state index >= 15 is 0 Å². The number of likely N-dealkylation sites (tertiary alicyclic amines) is 1. The number of para-hydroxylation sites is 1. The highest BCUT2D eigenvalue weighted by atomic mass is 16.2. The zero-order valence-electron chi connectivity index (χ0n) is 22.3. The Labute approximate surface area is 214 Å². The third-order valence-corrected chi connectivity index (χ3v) is 7.96. The van der Waals surface area contributed by atoms with Gasteiger partial charge in [0.25, 0.3) is 0 Å². The van der Waals surface area contributed by atoms with Crippen LogP contribution in [0.3, 0.4) is 0 Å². The summed E-state index contributed by atoms with van der Waals surface area (Å²) in [7, 11) is 0. The first-order valence-electron chi connectivity index (χ1n) is 13.5. The van der Waals surface area contributed by atoms with Crippen molar-refractivity contribution in [2.75, 3.05) is 6.54 Å². The second-order valence-electron chi connectivity index (χ2n) is 11.0. The van der Waals surface area contributed by atoms with Gasteiger partial charge in [0.1, 0.15) is 11.9 Å². The second-order valence-corrected chi connectivity index (χ2v) is 11.0. The fourth-order valence-electron chi connectivity index (χ4n) is 5.57. The van der Waals surface area contributed by atoms with Gasteiger partial charge in [-0.25, -0.2) is 4.98 Å². The molecule has 1 saturated carbocycles. The summed E-state index contributed by atoms with van der Waals surface area (Å²) >= 11 is 0. The maximum atomic E-state index is 13.4. The maximum absolute atomic E-state index is 13.4. The summed E-state index contributed by atoms with van der Waals surface area (Å²) in [6.45, 7) is 10.9. The SMILES string of the molecule is CC[C@H]1CCCCN1C(=O)C[C@H](NC(=O)C1CC1C(C)C)C(=O)N[C@@H](C)c1nc2c(C)cccc2[nH]1. The van der Waals surface area contributed by atoms with Crippen molar-refractivity contribution in [2.45, 2.75) is 91.3 Å². The van der Waals surface area contributed by atoms with Crippen LogP contribution in [0.1, 0.15) is 83.6 Å². The van der Waals surface area contributed by atoms with Crippen LogP contribution in [-0.4, -0.2) is 51.2 Å². The van der Waals surface area contributed by atoms with E-state index in [1.54, 1.807) is 0 Å². The highest BCUT2D eigenvalue weighted by Gasteiger charge is 2.45. The van der Waals surface area contributed by atoms with Gasteiger partial charge >= 0.3 is 0 Å². The lowest BCUT2D eigenvalue weighted by Crippen LogP contribution is -2.52. The van der Waals surface area contributed by atoms with Crippen molar-refractivity contribution in [3.05, 3.63) is 29.6 Å². The van der Waals surface area contributed by atoms with E-state index in [9.17, 15) is 14.4 Å². The molecule has 2 fully saturated rings. The van der Waals surface area contributed by atoms with E-state index in [4.69, 9.17) is 0 Å². The van der Waals surface area contributed by atoms with Crippen LogP contribution in [0, 0.1) is 24.7 Å². The largest absolute Gasteiger partial charge is 0.345 e. The number of H-pyrrole nitrogens is 1. The third-order valence-electron chi connectivity index (χ3n) is 7.96. The van der Waals surface area contributed by atoms with Gasteiger partial charge in [0.15, 0.2) is 0 Å². The number of fused-ring (bicyclic) bond motifs is 1. The minimum absolute atomic E-state index is 0.0287. The molecule has 2 aromatic rings. The molecule has 5 atom stereocenters. The van der Waals surface area contributed by atoms with Crippen LogP contribution in [0.2, 0.25) is 0 Å². The molecule has 3 amide bonds. The molecular weight excluding hydrogens is 454 g/mol. The number of aromatic amines is 1. The number of amides is 3. The van der Waals surface area contributed by atoms with Gasteiger partial charge in [0, 0.05) is 18.5 Å². The molecule has 2 aliphatic rings. The van der Waals surface area contributed by atoms with Gasteiger partial charge in [-0.2, -0.15) is 0 Å². The molecule has 1 aliphatic heterocycles. The Morgan fingerprint density at radius 1 is 1.17 bits per heavy atom. The fraction of sp³-hybridized carbons (Fsp3) is 0.643. The molecule has 3 N–H and O–H groups in total. The van der Waals surface area contributed by atoms with Crippen molar-refractivity contribution in [2.24, 2.45) is 17.8 Å². The summed E-state index contributed by atoms with van der Waals surface area (Å²) in [5.41, 5.74) is 2.84. The molecule has 196 valence electrons. The number of rotatable bonds is 9. The van der Waals surface area contributed by atoms with Crippen molar-refractivity contribution < 1.29 is 14.4 Å². The minimum Gasteiger partial charge on any atom is -0.345 e. The number of nitrogens with zero attached hydrogens (tertiary/aromatic N) is 2. The molecule has 2 heterocycles. The van der Waals surface area contributed by atoms with Gasteiger partial charge < -0.3 is 20.5 Å². The van der Waals surface area contributed by atoms with Crippen LogP contribution in [-0.2, 0) is 14.4 Å². The normalized spacial score (nSPS) is 23.4. The Bertz CT molecular complexity index is 1110. The van der Waals surface area contributed by atoms with Crippen molar-refractivity contribution >= 4 is 28.8 Å². The standard InChI is InChI=1S/C28H41N5O3/c1-6-19-11-7-8-13-33(19)24(34)15-23(31-27(35)21-14-20(21)16(2)3)28(36)29-18(5)26-30-22-12-9-10-17(4)25(22)32-26/h9-10,12,16,18-21,23H,6-8,11,13-15H2,1-5H3,(H,29,36)(H,30,32)(H,31,35)/t18-,19-,20?,21?,23-/m0/s1. The Morgan fingerprint density at radius 3 is 2.61 bits per heavy atom. The summed E-state index contributed by atoms with van der Waals surface area (Å²) in [6.07, 6.45) is 4.80. The van der Waals surface area contributed by atoms with Gasteiger partial charge in [0.05, 0.1) is 23.5 Å². The number of carbonyl (C=O) groups excluding carboxylic acids is 3. The molecule has 8 heteroatoms. The van der Waals surface area contributed by atoms with Crippen LogP contribution in [0.25, 0.3) is 11.0 Å². The molecular formula is C28H41N5O3. The lowest BCUT2D eigenvalue weighted by Gasteiger charge is -2.36. The lowest BCUT2D eigenvalue weighted by molar-refractivity contribution is -0.139. The smallest absolute Gasteiger partial charge is 0.243 e. The monoisotopic (exact) mass is 495 g/mol. The van der Waals surface area contributed by atoms with E-state index in [1.807, 2.05) is 36.9 Å². The predicted molar refractivity (Wildman–Crippen MR) is 140 cm³/mol. The molecule has 4 rings (SSSR count). The minimum atomic E-state index is -0.911. The van der Waals surface area contributed by atoms with Gasteiger partial charge in [-0.1, -0.05) is 32.9 Å². The van der Waals surface area contributed by atoms with Gasteiger partial charge in [-0.3, -0.25) is 14.4 Å². The third kappa shape index (κ3) is 5.73. The average Bonchev–Trinajstić information content (AvgIpc) is 3.55. The van der Waals surface area contributed by atoms with Crippen LogP contribution in [0.5, 0.6) is 0 Å². The lowest BCUT2D eigenvalue weighted by atomic mass is 9.98. The molecule has 0 bridgehead atoms.